The fraction of sp³-hybridized carbons (Fsp3) is 0.250. The van der Waals surface area contributed by atoms with Gasteiger partial charge in [0.25, 0.3) is 0 Å². The lowest BCUT2D eigenvalue weighted by molar-refractivity contribution is -0.137. The standard InChI is InChI=1S/C12H12F3N5O/c13-12(14,15)8-2-1-3-9(4-8)17-11(21)7-20-6-10(5-16)18-19-20/h1-4,6H,5,7,16H2,(H,17,21). The number of benzene rings is 1. The minimum Gasteiger partial charge on any atom is -0.325 e. The predicted octanol–water partition coefficient (Wildman–Crippen LogP) is 1.39. The molecule has 0 radical (unpaired) electrons. The molecule has 0 fully saturated rings. The van der Waals surface area contributed by atoms with Gasteiger partial charge in [-0.3, -0.25) is 4.79 Å². The first-order valence-electron chi connectivity index (χ1n) is 5.94. The number of anilines is 1. The lowest BCUT2D eigenvalue weighted by atomic mass is 10.2. The van der Waals surface area contributed by atoms with Crippen LogP contribution in [-0.2, 0) is 24.1 Å². The van der Waals surface area contributed by atoms with E-state index >= 15 is 0 Å². The van der Waals surface area contributed by atoms with Crippen LogP contribution in [0.2, 0.25) is 0 Å². The highest BCUT2D eigenvalue weighted by Crippen LogP contribution is 2.30. The van der Waals surface area contributed by atoms with Gasteiger partial charge in [-0.2, -0.15) is 13.2 Å². The van der Waals surface area contributed by atoms with Gasteiger partial charge in [-0.1, -0.05) is 11.3 Å². The molecule has 6 nitrogen and oxygen atoms in total. The van der Waals surface area contributed by atoms with Crippen LogP contribution >= 0.6 is 0 Å². The molecule has 2 aromatic rings. The topological polar surface area (TPSA) is 85.8 Å². The average molecular weight is 299 g/mol. The number of carbonyl (C=O) groups is 1. The van der Waals surface area contributed by atoms with Crippen LogP contribution in [0.1, 0.15) is 11.3 Å². The van der Waals surface area contributed by atoms with Crippen molar-refractivity contribution < 1.29 is 18.0 Å². The summed E-state index contributed by atoms with van der Waals surface area (Å²) >= 11 is 0. The highest BCUT2D eigenvalue weighted by atomic mass is 19.4. The minimum atomic E-state index is -4.46. The molecule has 9 heteroatoms. The van der Waals surface area contributed by atoms with Gasteiger partial charge >= 0.3 is 6.18 Å². The van der Waals surface area contributed by atoms with Crippen LogP contribution in [0.25, 0.3) is 0 Å². The maximum atomic E-state index is 12.5. The summed E-state index contributed by atoms with van der Waals surface area (Å²) in [5, 5.41) is 9.74. The SMILES string of the molecule is NCc1cn(CC(=O)Nc2cccc(C(F)(F)F)c2)nn1. The largest absolute Gasteiger partial charge is 0.416 e. The summed E-state index contributed by atoms with van der Waals surface area (Å²) in [5.74, 6) is -0.511. The van der Waals surface area contributed by atoms with Crippen LogP contribution in [-0.4, -0.2) is 20.9 Å². The summed E-state index contributed by atoms with van der Waals surface area (Å²) in [7, 11) is 0. The van der Waals surface area contributed by atoms with Crippen LogP contribution in [0.3, 0.4) is 0 Å². The highest BCUT2D eigenvalue weighted by molar-refractivity contribution is 5.90. The van der Waals surface area contributed by atoms with E-state index in [9.17, 15) is 18.0 Å². The van der Waals surface area contributed by atoms with Crippen molar-refractivity contribution in [1.82, 2.24) is 15.0 Å². The number of nitrogens with one attached hydrogen (secondary N) is 1. The van der Waals surface area contributed by atoms with Gasteiger partial charge in [0.15, 0.2) is 0 Å². The van der Waals surface area contributed by atoms with Gasteiger partial charge in [-0.15, -0.1) is 5.10 Å². The molecule has 0 spiro atoms. The van der Waals surface area contributed by atoms with Crippen LogP contribution in [0.5, 0.6) is 0 Å². The number of hydrogen-bond acceptors (Lipinski definition) is 4. The van der Waals surface area contributed by atoms with Crippen molar-refractivity contribution in [2.45, 2.75) is 19.3 Å². The van der Waals surface area contributed by atoms with Crippen molar-refractivity contribution in [3.8, 4) is 0 Å². The molecule has 0 aliphatic rings. The Kier molecular flexibility index (Phi) is 4.22. The number of carbonyl (C=O) groups excluding carboxylic acids is 1. The van der Waals surface area contributed by atoms with Crippen molar-refractivity contribution in [3.05, 3.63) is 41.7 Å². The first-order chi connectivity index (χ1) is 9.88. The molecule has 0 aliphatic heterocycles. The summed E-state index contributed by atoms with van der Waals surface area (Å²) in [4.78, 5) is 11.7. The van der Waals surface area contributed by atoms with Crippen molar-refractivity contribution >= 4 is 11.6 Å². The van der Waals surface area contributed by atoms with Crippen molar-refractivity contribution in [1.29, 1.82) is 0 Å². The molecule has 1 amide bonds. The fourth-order valence-electron chi connectivity index (χ4n) is 1.63. The molecule has 0 saturated heterocycles. The molecular formula is C12H12F3N5O. The van der Waals surface area contributed by atoms with E-state index in [2.05, 4.69) is 15.6 Å². The van der Waals surface area contributed by atoms with Crippen LogP contribution in [0, 0.1) is 0 Å². The fourth-order valence-corrected chi connectivity index (χ4v) is 1.63. The van der Waals surface area contributed by atoms with E-state index in [-0.39, 0.29) is 18.8 Å². The van der Waals surface area contributed by atoms with Gasteiger partial charge in [0.2, 0.25) is 5.91 Å². The zero-order valence-corrected chi connectivity index (χ0v) is 10.8. The number of rotatable bonds is 4. The average Bonchev–Trinajstić information content (AvgIpc) is 2.85. The molecule has 112 valence electrons. The normalized spacial score (nSPS) is 11.4. The van der Waals surface area contributed by atoms with E-state index in [1.807, 2.05) is 0 Å². The maximum absolute atomic E-state index is 12.5. The summed E-state index contributed by atoms with van der Waals surface area (Å²) in [6.45, 7) is 0.0263. The van der Waals surface area contributed by atoms with Crippen molar-refractivity contribution in [3.63, 3.8) is 0 Å². The molecule has 0 atom stereocenters. The van der Waals surface area contributed by atoms with Gasteiger partial charge < -0.3 is 11.1 Å². The van der Waals surface area contributed by atoms with Gasteiger partial charge in [-0.05, 0) is 18.2 Å². The van der Waals surface area contributed by atoms with Gasteiger partial charge in [0, 0.05) is 12.2 Å². The molecule has 1 heterocycles. The van der Waals surface area contributed by atoms with Crippen molar-refractivity contribution in [2.75, 3.05) is 5.32 Å². The third-order valence-electron chi connectivity index (χ3n) is 2.57. The number of halogens is 3. The van der Waals surface area contributed by atoms with Crippen LogP contribution in [0.15, 0.2) is 30.5 Å². The Hall–Kier alpha value is -2.42. The Morgan fingerprint density at radius 1 is 1.38 bits per heavy atom. The van der Waals surface area contributed by atoms with E-state index in [0.29, 0.717) is 5.69 Å². The monoisotopic (exact) mass is 299 g/mol. The number of nitrogens with two attached hydrogens (primary N) is 1. The summed E-state index contributed by atoms with van der Waals surface area (Å²) in [6, 6.07) is 4.39. The number of alkyl halides is 3. The Bertz CT molecular complexity index is 638. The lowest BCUT2D eigenvalue weighted by Gasteiger charge is -2.09. The molecular weight excluding hydrogens is 287 g/mol. The quantitative estimate of drug-likeness (QED) is 0.893. The highest BCUT2D eigenvalue weighted by Gasteiger charge is 2.30. The van der Waals surface area contributed by atoms with Crippen molar-refractivity contribution in [2.24, 2.45) is 5.73 Å². The maximum Gasteiger partial charge on any atom is 0.416 e. The molecule has 0 saturated carbocycles. The Labute approximate surface area is 117 Å². The molecule has 0 bridgehead atoms. The third-order valence-corrected chi connectivity index (χ3v) is 2.57. The zero-order valence-electron chi connectivity index (χ0n) is 10.8. The molecule has 0 aliphatic carbocycles. The van der Waals surface area contributed by atoms with Gasteiger partial charge in [-0.25, -0.2) is 4.68 Å². The number of hydrogen-bond donors (Lipinski definition) is 2. The van der Waals surface area contributed by atoms with E-state index in [1.165, 1.54) is 23.0 Å². The molecule has 1 aromatic carbocycles. The summed E-state index contributed by atoms with van der Waals surface area (Å²) < 4.78 is 38.9. The molecule has 1 aromatic heterocycles. The first-order valence-corrected chi connectivity index (χ1v) is 5.94. The number of nitrogens with zero attached hydrogens (tertiary/aromatic N) is 3. The lowest BCUT2D eigenvalue weighted by Crippen LogP contribution is -2.19. The summed E-state index contributed by atoms with van der Waals surface area (Å²) in [6.07, 6.45) is -2.96. The minimum absolute atomic E-state index is 0.0639. The second-order valence-corrected chi connectivity index (χ2v) is 4.24. The van der Waals surface area contributed by atoms with Crippen LogP contribution < -0.4 is 11.1 Å². The summed E-state index contributed by atoms with van der Waals surface area (Å²) in [5.41, 5.74) is 5.10. The Morgan fingerprint density at radius 3 is 2.76 bits per heavy atom. The Morgan fingerprint density at radius 2 is 2.14 bits per heavy atom. The second-order valence-electron chi connectivity index (χ2n) is 4.24. The third kappa shape index (κ3) is 4.02. The second kappa shape index (κ2) is 5.92. The number of aromatic nitrogens is 3. The number of amides is 1. The van der Waals surface area contributed by atoms with E-state index < -0.39 is 17.6 Å². The Balaban J connectivity index is 2.02. The van der Waals surface area contributed by atoms with Gasteiger partial charge in [0.05, 0.1) is 17.5 Å². The van der Waals surface area contributed by atoms with Gasteiger partial charge in [0.1, 0.15) is 6.54 Å². The predicted molar refractivity (Wildman–Crippen MR) is 68.0 cm³/mol. The molecule has 0 unspecified atom stereocenters. The molecule has 3 N–H and O–H groups in total. The van der Waals surface area contributed by atoms with E-state index in [0.717, 1.165) is 12.1 Å². The molecule has 2 rings (SSSR count). The van der Waals surface area contributed by atoms with Crippen LogP contribution in [0.4, 0.5) is 18.9 Å². The van der Waals surface area contributed by atoms with E-state index in [4.69, 9.17) is 5.73 Å². The van der Waals surface area contributed by atoms with E-state index in [1.54, 1.807) is 0 Å². The smallest absolute Gasteiger partial charge is 0.325 e. The first kappa shape index (κ1) is 15.0. The zero-order chi connectivity index (χ0) is 15.5. The molecule has 21 heavy (non-hydrogen) atoms.